The smallest absolute Gasteiger partial charge is 0.179 e. The molecule has 2 N–H and O–H groups in total. The second-order valence-electron chi connectivity index (χ2n) is 4.69. The summed E-state index contributed by atoms with van der Waals surface area (Å²) in [6.07, 6.45) is 6.17. The van der Waals surface area contributed by atoms with E-state index in [2.05, 4.69) is 34.2 Å². The average Bonchev–Trinajstić information content (AvgIpc) is 2.83. The zero-order valence-corrected chi connectivity index (χ0v) is 10.7. The third-order valence-corrected chi connectivity index (χ3v) is 3.28. The second kappa shape index (κ2) is 4.68. The van der Waals surface area contributed by atoms with Gasteiger partial charge < -0.3 is 5.73 Å². The van der Waals surface area contributed by atoms with Crippen LogP contribution >= 0.6 is 0 Å². The molecule has 0 aliphatic heterocycles. The Labute approximate surface area is 111 Å². The van der Waals surface area contributed by atoms with Crippen molar-refractivity contribution in [2.24, 2.45) is 0 Å². The molecule has 96 valence electrons. The Balaban J connectivity index is 1.86. The molecular weight excluding hydrogens is 238 g/mol. The Kier molecular flexibility index (Phi) is 2.87. The third-order valence-electron chi connectivity index (χ3n) is 3.28. The van der Waals surface area contributed by atoms with Crippen molar-refractivity contribution in [1.82, 2.24) is 19.6 Å². The van der Waals surface area contributed by atoms with Crippen molar-refractivity contribution in [2.75, 3.05) is 5.73 Å². The molecular formula is C14H15N5. The van der Waals surface area contributed by atoms with Gasteiger partial charge in [0.25, 0.3) is 0 Å². The lowest BCUT2D eigenvalue weighted by Crippen LogP contribution is -2.03. The molecule has 0 bridgehead atoms. The fourth-order valence-corrected chi connectivity index (χ4v) is 2.16. The van der Waals surface area contributed by atoms with Gasteiger partial charge >= 0.3 is 0 Å². The van der Waals surface area contributed by atoms with Crippen LogP contribution in [0.15, 0.2) is 42.9 Å². The lowest BCUT2D eigenvalue weighted by atomic mass is 9.97. The van der Waals surface area contributed by atoms with Crippen LogP contribution in [-0.2, 0) is 6.42 Å². The number of rotatable bonds is 3. The minimum absolute atomic E-state index is 0.362. The van der Waals surface area contributed by atoms with E-state index in [0.29, 0.717) is 5.92 Å². The van der Waals surface area contributed by atoms with Crippen LogP contribution in [0.2, 0.25) is 0 Å². The van der Waals surface area contributed by atoms with Crippen LogP contribution in [0.5, 0.6) is 0 Å². The van der Waals surface area contributed by atoms with Gasteiger partial charge in [-0.05, 0) is 23.6 Å². The highest BCUT2D eigenvalue weighted by Gasteiger charge is 2.11. The summed E-state index contributed by atoms with van der Waals surface area (Å²) < 4.78 is 1.97. The highest BCUT2D eigenvalue weighted by Crippen LogP contribution is 2.20. The average molecular weight is 253 g/mol. The number of hydrogen-bond donors (Lipinski definition) is 1. The number of benzene rings is 1. The van der Waals surface area contributed by atoms with E-state index >= 15 is 0 Å². The first-order valence-corrected chi connectivity index (χ1v) is 6.23. The van der Waals surface area contributed by atoms with Gasteiger partial charge in [-0.25, -0.2) is 0 Å². The maximum absolute atomic E-state index is 5.70. The Bertz CT molecular complexity index is 686. The molecule has 3 aromatic rings. The molecule has 5 nitrogen and oxygen atoms in total. The van der Waals surface area contributed by atoms with Crippen LogP contribution in [-0.4, -0.2) is 19.6 Å². The minimum atomic E-state index is 0.362. The minimum Gasteiger partial charge on any atom is -0.399 e. The molecule has 0 radical (unpaired) electrons. The van der Waals surface area contributed by atoms with Gasteiger partial charge in [-0.1, -0.05) is 19.1 Å². The topological polar surface area (TPSA) is 69.1 Å². The maximum atomic E-state index is 5.70. The summed E-state index contributed by atoms with van der Waals surface area (Å²) in [7, 11) is 0. The third kappa shape index (κ3) is 2.27. The summed E-state index contributed by atoms with van der Waals surface area (Å²) in [6, 6.07) is 7.98. The first kappa shape index (κ1) is 11.6. The van der Waals surface area contributed by atoms with Crippen LogP contribution in [0.25, 0.3) is 5.65 Å². The number of hydrogen-bond acceptors (Lipinski definition) is 4. The van der Waals surface area contributed by atoms with E-state index in [0.717, 1.165) is 23.6 Å². The molecule has 1 unspecified atom stereocenters. The van der Waals surface area contributed by atoms with E-state index in [4.69, 9.17) is 5.73 Å². The molecule has 0 aliphatic rings. The number of nitrogens with two attached hydrogens (primary N) is 1. The summed E-state index contributed by atoms with van der Waals surface area (Å²) in [5, 5.41) is 8.34. The van der Waals surface area contributed by atoms with Crippen molar-refractivity contribution in [3.05, 3.63) is 54.2 Å². The Morgan fingerprint density at radius 2 is 2.00 bits per heavy atom. The molecule has 0 aliphatic carbocycles. The highest BCUT2D eigenvalue weighted by atomic mass is 15.2. The molecule has 0 saturated heterocycles. The molecule has 0 saturated carbocycles. The molecule has 2 aromatic heterocycles. The normalized spacial score (nSPS) is 12.7. The van der Waals surface area contributed by atoms with Gasteiger partial charge in [-0.3, -0.25) is 9.38 Å². The van der Waals surface area contributed by atoms with Gasteiger partial charge in [-0.15, -0.1) is 10.2 Å². The van der Waals surface area contributed by atoms with Crippen LogP contribution in [0, 0.1) is 0 Å². The van der Waals surface area contributed by atoms with Gasteiger partial charge in [-0.2, -0.15) is 0 Å². The molecule has 2 heterocycles. The highest BCUT2D eigenvalue weighted by molar-refractivity contribution is 5.40. The molecule has 5 heteroatoms. The second-order valence-corrected chi connectivity index (χ2v) is 4.69. The lowest BCUT2D eigenvalue weighted by molar-refractivity contribution is 0.709. The predicted molar refractivity (Wildman–Crippen MR) is 73.8 cm³/mol. The first-order chi connectivity index (χ1) is 9.24. The lowest BCUT2D eigenvalue weighted by Gasteiger charge is -2.10. The standard InChI is InChI=1S/C14H15N5/c1-10(11-2-4-12(15)5-3-11)8-13-17-18-14-9-16-6-7-19(13)14/h2-7,9-10H,8,15H2,1H3. The van der Waals surface area contributed by atoms with E-state index in [9.17, 15) is 0 Å². The Morgan fingerprint density at radius 1 is 1.21 bits per heavy atom. The largest absolute Gasteiger partial charge is 0.399 e. The fourth-order valence-electron chi connectivity index (χ4n) is 2.16. The molecule has 3 rings (SSSR count). The zero-order valence-electron chi connectivity index (χ0n) is 10.7. The summed E-state index contributed by atoms with van der Waals surface area (Å²) in [6.45, 7) is 2.17. The van der Waals surface area contributed by atoms with E-state index in [-0.39, 0.29) is 0 Å². The van der Waals surface area contributed by atoms with Crippen molar-refractivity contribution >= 4 is 11.3 Å². The van der Waals surface area contributed by atoms with Crippen molar-refractivity contribution < 1.29 is 0 Å². The zero-order chi connectivity index (χ0) is 13.2. The van der Waals surface area contributed by atoms with Crippen molar-refractivity contribution in [3.63, 3.8) is 0 Å². The SMILES string of the molecule is CC(Cc1nnc2cnccn12)c1ccc(N)cc1. The summed E-state index contributed by atoms with van der Waals surface area (Å²) in [5.74, 6) is 1.31. The van der Waals surface area contributed by atoms with Gasteiger partial charge in [0.1, 0.15) is 5.82 Å². The predicted octanol–water partition coefficient (Wildman–Crippen LogP) is 2.05. The molecule has 0 spiro atoms. The summed E-state index contributed by atoms with van der Waals surface area (Å²) in [5.41, 5.74) is 8.52. The maximum Gasteiger partial charge on any atom is 0.179 e. The number of nitrogen functional groups attached to an aromatic ring is 1. The van der Waals surface area contributed by atoms with Crippen LogP contribution in [0.1, 0.15) is 24.2 Å². The quantitative estimate of drug-likeness (QED) is 0.725. The first-order valence-electron chi connectivity index (χ1n) is 6.23. The summed E-state index contributed by atoms with van der Waals surface area (Å²) >= 11 is 0. The van der Waals surface area contributed by atoms with Crippen molar-refractivity contribution in [3.8, 4) is 0 Å². The summed E-state index contributed by atoms with van der Waals surface area (Å²) in [4.78, 5) is 4.04. The van der Waals surface area contributed by atoms with Crippen molar-refractivity contribution in [1.29, 1.82) is 0 Å². The van der Waals surface area contributed by atoms with Gasteiger partial charge in [0.2, 0.25) is 0 Å². The number of fused-ring (bicyclic) bond motifs is 1. The Morgan fingerprint density at radius 3 is 2.79 bits per heavy atom. The van der Waals surface area contributed by atoms with E-state index in [1.165, 1.54) is 5.56 Å². The number of nitrogens with zero attached hydrogens (tertiary/aromatic N) is 4. The monoisotopic (exact) mass is 253 g/mol. The van der Waals surface area contributed by atoms with Crippen LogP contribution in [0.3, 0.4) is 0 Å². The molecule has 1 aromatic carbocycles. The Hall–Kier alpha value is -2.43. The van der Waals surface area contributed by atoms with Gasteiger partial charge in [0, 0.05) is 24.5 Å². The number of anilines is 1. The number of aromatic nitrogens is 4. The van der Waals surface area contributed by atoms with Crippen LogP contribution < -0.4 is 5.73 Å². The van der Waals surface area contributed by atoms with E-state index < -0.39 is 0 Å². The molecule has 1 atom stereocenters. The fraction of sp³-hybridized carbons (Fsp3) is 0.214. The van der Waals surface area contributed by atoms with E-state index in [1.807, 2.05) is 22.7 Å². The molecule has 19 heavy (non-hydrogen) atoms. The van der Waals surface area contributed by atoms with Crippen LogP contribution in [0.4, 0.5) is 5.69 Å². The van der Waals surface area contributed by atoms with Crippen molar-refractivity contribution in [2.45, 2.75) is 19.3 Å². The van der Waals surface area contributed by atoms with Gasteiger partial charge in [0.15, 0.2) is 5.65 Å². The van der Waals surface area contributed by atoms with E-state index in [1.54, 1.807) is 12.4 Å². The molecule has 0 amide bonds. The van der Waals surface area contributed by atoms with Gasteiger partial charge in [0.05, 0.1) is 6.20 Å². The molecule has 0 fully saturated rings.